The predicted molar refractivity (Wildman–Crippen MR) is 112 cm³/mol. The molecule has 2 aromatic carbocycles. The van der Waals surface area contributed by atoms with Gasteiger partial charge in [0, 0.05) is 15.6 Å². The molecule has 4 rings (SSSR count). The smallest absolute Gasteiger partial charge is 0.248 e. The summed E-state index contributed by atoms with van der Waals surface area (Å²) in [5, 5.41) is 8.43. The van der Waals surface area contributed by atoms with Gasteiger partial charge >= 0.3 is 0 Å². The van der Waals surface area contributed by atoms with Crippen molar-refractivity contribution >= 4 is 15.9 Å². The highest BCUT2D eigenvalue weighted by atomic mass is 79.9. The first-order valence-corrected chi connectivity index (χ1v) is 10.7. The van der Waals surface area contributed by atoms with Crippen molar-refractivity contribution in [1.82, 2.24) is 10.2 Å². The van der Waals surface area contributed by atoms with Crippen LogP contribution in [0.15, 0.2) is 57.4 Å². The van der Waals surface area contributed by atoms with Crippen LogP contribution in [0.4, 0.5) is 0 Å². The van der Waals surface area contributed by atoms with Crippen molar-refractivity contribution in [2.75, 3.05) is 0 Å². The summed E-state index contributed by atoms with van der Waals surface area (Å²) in [4.78, 5) is 0. The van der Waals surface area contributed by atoms with Gasteiger partial charge in [-0.1, -0.05) is 47.8 Å². The van der Waals surface area contributed by atoms with Crippen LogP contribution in [0.3, 0.4) is 0 Å². The van der Waals surface area contributed by atoms with E-state index in [9.17, 15) is 0 Å². The van der Waals surface area contributed by atoms with Gasteiger partial charge in [0.1, 0.15) is 0 Å². The van der Waals surface area contributed by atoms with Gasteiger partial charge in [-0.15, -0.1) is 10.2 Å². The molecule has 1 heterocycles. The number of nitrogens with zero attached hydrogens (tertiary/aromatic N) is 2. The molecule has 1 saturated carbocycles. The molecule has 3 aromatic rings. The standard InChI is InChI=1S/C23H25BrN2O/c1-2-3-16-4-6-17(7-5-16)18-8-10-19(11-9-18)22-25-26-23(27-22)20-12-14-21(24)15-13-20/h8-17H,2-7H2,1H3. The molecule has 0 atom stereocenters. The number of aromatic nitrogens is 2. The van der Waals surface area contributed by atoms with E-state index in [0.29, 0.717) is 17.7 Å². The summed E-state index contributed by atoms with van der Waals surface area (Å²) >= 11 is 3.44. The van der Waals surface area contributed by atoms with E-state index in [-0.39, 0.29) is 0 Å². The molecule has 0 spiro atoms. The fraction of sp³-hybridized carbons (Fsp3) is 0.391. The van der Waals surface area contributed by atoms with Crippen LogP contribution in [-0.2, 0) is 0 Å². The third-order valence-electron chi connectivity index (χ3n) is 5.69. The third-order valence-corrected chi connectivity index (χ3v) is 6.22. The summed E-state index contributed by atoms with van der Waals surface area (Å²) in [5.41, 5.74) is 3.35. The highest BCUT2D eigenvalue weighted by Crippen LogP contribution is 2.38. The van der Waals surface area contributed by atoms with Crippen LogP contribution in [0.25, 0.3) is 22.9 Å². The summed E-state index contributed by atoms with van der Waals surface area (Å²) in [5.74, 6) is 2.77. The SMILES string of the molecule is CCCC1CCC(c2ccc(-c3nnc(-c4ccc(Br)cc4)o3)cc2)CC1. The van der Waals surface area contributed by atoms with E-state index < -0.39 is 0 Å². The maximum absolute atomic E-state index is 5.88. The molecule has 0 radical (unpaired) electrons. The molecule has 1 fully saturated rings. The molecule has 0 unspecified atom stereocenters. The minimum absolute atomic E-state index is 0.552. The Morgan fingerprint density at radius 3 is 1.96 bits per heavy atom. The Morgan fingerprint density at radius 2 is 1.41 bits per heavy atom. The molecule has 1 aromatic heterocycles. The molecule has 0 N–H and O–H groups in total. The number of halogens is 1. The number of rotatable bonds is 5. The van der Waals surface area contributed by atoms with E-state index in [1.165, 1.54) is 44.1 Å². The molecule has 4 heteroatoms. The van der Waals surface area contributed by atoms with Crippen molar-refractivity contribution in [3.63, 3.8) is 0 Å². The largest absolute Gasteiger partial charge is 0.416 e. The Kier molecular flexibility index (Phi) is 5.72. The molecule has 1 aliphatic rings. The second-order valence-corrected chi connectivity index (χ2v) is 8.46. The number of hydrogen-bond donors (Lipinski definition) is 0. The third kappa shape index (κ3) is 4.32. The summed E-state index contributed by atoms with van der Waals surface area (Å²) in [6.45, 7) is 2.30. The first-order chi connectivity index (χ1) is 13.2. The quantitative estimate of drug-likeness (QED) is 0.433. The van der Waals surface area contributed by atoms with Crippen molar-refractivity contribution < 1.29 is 4.42 Å². The van der Waals surface area contributed by atoms with Gasteiger partial charge in [-0.25, -0.2) is 0 Å². The van der Waals surface area contributed by atoms with Crippen molar-refractivity contribution in [3.05, 3.63) is 58.6 Å². The minimum Gasteiger partial charge on any atom is -0.416 e. The zero-order valence-electron chi connectivity index (χ0n) is 15.7. The normalized spacial score (nSPS) is 19.9. The number of hydrogen-bond acceptors (Lipinski definition) is 3. The van der Waals surface area contributed by atoms with E-state index in [0.717, 1.165) is 21.5 Å². The van der Waals surface area contributed by atoms with E-state index in [1.54, 1.807) is 0 Å². The lowest BCUT2D eigenvalue weighted by molar-refractivity contribution is 0.308. The summed E-state index contributed by atoms with van der Waals surface area (Å²) in [6, 6.07) is 16.6. The predicted octanol–water partition coefficient (Wildman–Crippen LogP) is 7.24. The van der Waals surface area contributed by atoms with Crippen LogP contribution < -0.4 is 0 Å². The van der Waals surface area contributed by atoms with Crippen LogP contribution in [-0.4, -0.2) is 10.2 Å². The highest BCUT2D eigenvalue weighted by molar-refractivity contribution is 9.10. The highest BCUT2D eigenvalue weighted by Gasteiger charge is 2.22. The van der Waals surface area contributed by atoms with E-state index in [4.69, 9.17) is 4.42 Å². The topological polar surface area (TPSA) is 38.9 Å². The van der Waals surface area contributed by atoms with Crippen molar-refractivity contribution in [2.24, 2.45) is 5.92 Å². The zero-order chi connectivity index (χ0) is 18.6. The maximum atomic E-state index is 5.88. The lowest BCUT2D eigenvalue weighted by Gasteiger charge is -2.28. The van der Waals surface area contributed by atoms with Crippen LogP contribution >= 0.6 is 15.9 Å². The first kappa shape index (κ1) is 18.4. The van der Waals surface area contributed by atoms with Gasteiger partial charge in [0.15, 0.2) is 0 Å². The van der Waals surface area contributed by atoms with Gasteiger partial charge < -0.3 is 4.42 Å². The van der Waals surface area contributed by atoms with Crippen LogP contribution in [0.2, 0.25) is 0 Å². The molecule has 27 heavy (non-hydrogen) atoms. The van der Waals surface area contributed by atoms with Crippen LogP contribution in [0.5, 0.6) is 0 Å². The Hall–Kier alpha value is -1.94. The molecule has 0 saturated heterocycles. The van der Waals surface area contributed by atoms with Gasteiger partial charge in [-0.05, 0) is 79.5 Å². The zero-order valence-corrected chi connectivity index (χ0v) is 17.3. The molecule has 1 aliphatic carbocycles. The molecule has 0 bridgehead atoms. The summed E-state index contributed by atoms with van der Waals surface area (Å²) in [7, 11) is 0. The molecular weight excluding hydrogens is 400 g/mol. The monoisotopic (exact) mass is 424 g/mol. The molecule has 140 valence electrons. The molecular formula is C23H25BrN2O. The average molecular weight is 425 g/mol. The van der Waals surface area contributed by atoms with Gasteiger partial charge in [0.25, 0.3) is 0 Å². The first-order valence-electron chi connectivity index (χ1n) is 9.92. The second kappa shape index (κ2) is 8.39. The summed E-state index contributed by atoms with van der Waals surface area (Å²) in [6.07, 6.45) is 8.09. The Bertz CT molecular complexity index is 862. The average Bonchev–Trinajstić information content (AvgIpc) is 3.20. The number of benzene rings is 2. The van der Waals surface area contributed by atoms with E-state index in [2.05, 4.69) is 57.3 Å². The van der Waals surface area contributed by atoms with Crippen molar-refractivity contribution in [3.8, 4) is 22.9 Å². The lowest BCUT2D eigenvalue weighted by atomic mass is 9.77. The second-order valence-electron chi connectivity index (χ2n) is 7.55. The fourth-order valence-electron chi connectivity index (χ4n) is 4.14. The Morgan fingerprint density at radius 1 is 0.852 bits per heavy atom. The van der Waals surface area contributed by atoms with Gasteiger partial charge in [-0.2, -0.15) is 0 Å². The molecule has 0 amide bonds. The van der Waals surface area contributed by atoms with Crippen LogP contribution in [0, 0.1) is 5.92 Å². The van der Waals surface area contributed by atoms with Crippen LogP contribution in [0.1, 0.15) is 56.9 Å². The Labute approximate surface area is 169 Å². The van der Waals surface area contributed by atoms with Gasteiger partial charge in [0.2, 0.25) is 11.8 Å². The summed E-state index contributed by atoms with van der Waals surface area (Å²) < 4.78 is 6.92. The maximum Gasteiger partial charge on any atom is 0.248 e. The van der Waals surface area contributed by atoms with Crippen molar-refractivity contribution in [1.29, 1.82) is 0 Å². The molecule has 3 nitrogen and oxygen atoms in total. The van der Waals surface area contributed by atoms with E-state index in [1.807, 2.05) is 24.3 Å². The Balaban J connectivity index is 1.44. The lowest BCUT2D eigenvalue weighted by Crippen LogP contribution is -2.13. The van der Waals surface area contributed by atoms with Gasteiger partial charge in [-0.3, -0.25) is 0 Å². The van der Waals surface area contributed by atoms with Gasteiger partial charge in [0.05, 0.1) is 0 Å². The van der Waals surface area contributed by atoms with Crippen molar-refractivity contribution in [2.45, 2.75) is 51.4 Å². The van der Waals surface area contributed by atoms with E-state index >= 15 is 0 Å². The molecule has 0 aliphatic heterocycles. The fourth-order valence-corrected chi connectivity index (χ4v) is 4.40. The minimum atomic E-state index is 0.552.